The summed E-state index contributed by atoms with van der Waals surface area (Å²) in [7, 11) is 0. The quantitative estimate of drug-likeness (QED) is 0.650. The second kappa shape index (κ2) is 10.7. The number of aromatic nitrogens is 2. The molecule has 1 aromatic heterocycles. The average Bonchev–Trinajstić information content (AvgIpc) is 2.79. The highest BCUT2D eigenvalue weighted by Crippen LogP contribution is 2.22. The Morgan fingerprint density at radius 2 is 1.81 bits per heavy atom. The molecule has 1 amide bonds. The minimum absolute atomic E-state index is 0.205. The summed E-state index contributed by atoms with van der Waals surface area (Å²) in [5.74, 6) is -0.194. The first-order chi connectivity index (χ1) is 15.0. The standard InChI is InChI=1S/C23H31N5O3/c1-4-28(17(2)3)20-8-6-19(7-9-20)26-21(29)16-31-22(30)18-10-14-27(15-11-18)23-24-12-5-13-25-23/h5-9,12-13,17-18H,4,10-11,14-16H2,1-3H3,(H,26,29). The number of benzene rings is 1. The Balaban J connectivity index is 1.42. The Bertz CT molecular complexity index is 849. The number of esters is 1. The van der Waals surface area contributed by atoms with Crippen LogP contribution in [0.1, 0.15) is 33.6 Å². The minimum atomic E-state index is -0.340. The maximum atomic E-state index is 12.4. The van der Waals surface area contributed by atoms with Crippen LogP contribution in [0.25, 0.3) is 0 Å². The van der Waals surface area contributed by atoms with Crippen molar-refractivity contribution in [3.8, 4) is 0 Å². The number of amides is 1. The molecule has 31 heavy (non-hydrogen) atoms. The number of rotatable bonds is 8. The SMILES string of the molecule is CCN(c1ccc(NC(=O)COC(=O)C2CCN(c3ncccn3)CC2)cc1)C(C)C. The molecule has 1 fully saturated rings. The number of anilines is 3. The number of hydrogen-bond donors (Lipinski definition) is 1. The first-order valence-corrected chi connectivity index (χ1v) is 10.8. The molecule has 1 N–H and O–H groups in total. The maximum Gasteiger partial charge on any atom is 0.309 e. The van der Waals surface area contributed by atoms with Crippen LogP contribution in [0.2, 0.25) is 0 Å². The van der Waals surface area contributed by atoms with E-state index in [0.717, 1.165) is 12.2 Å². The van der Waals surface area contributed by atoms with Crippen LogP contribution in [-0.2, 0) is 14.3 Å². The van der Waals surface area contributed by atoms with E-state index in [4.69, 9.17) is 4.74 Å². The molecule has 2 aromatic rings. The molecule has 1 aliphatic heterocycles. The van der Waals surface area contributed by atoms with Crippen molar-refractivity contribution >= 4 is 29.2 Å². The molecule has 8 heteroatoms. The molecular formula is C23H31N5O3. The second-order valence-corrected chi connectivity index (χ2v) is 7.89. The van der Waals surface area contributed by atoms with Crippen molar-refractivity contribution in [2.45, 2.75) is 39.7 Å². The van der Waals surface area contributed by atoms with Gasteiger partial charge in [-0.25, -0.2) is 9.97 Å². The topological polar surface area (TPSA) is 87.7 Å². The van der Waals surface area contributed by atoms with Crippen LogP contribution in [0.15, 0.2) is 42.7 Å². The van der Waals surface area contributed by atoms with Crippen molar-refractivity contribution in [3.63, 3.8) is 0 Å². The summed E-state index contributed by atoms with van der Waals surface area (Å²) in [5, 5.41) is 2.78. The number of hydrogen-bond acceptors (Lipinski definition) is 7. The third kappa shape index (κ3) is 6.16. The van der Waals surface area contributed by atoms with Crippen molar-refractivity contribution in [2.75, 3.05) is 41.4 Å². The lowest BCUT2D eigenvalue weighted by Gasteiger charge is -2.30. The zero-order valence-corrected chi connectivity index (χ0v) is 18.5. The Kier molecular flexibility index (Phi) is 7.81. The summed E-state index contributed by atoms with van der Waals surface area (Å²) in [6, 6.07) is 9.86. The van der Waals surface area contributed by atoms with Crippen molar-refractivity contribution < 1.29 is 14.3 Å². The molecule has 0 aliphatic carbocycles. The van der Waals surface area contributed by atoms with Gasteiger partial charge in [0.1, 0.15) is 0 Å². The minimum Gasteiger partial charge on any atom is -0.455 e. The van der Waals surface area contributed by atoms with Gasteiger partial charge in [0, 0.05) is 49.4 Å². The third-order valence-electron chi connectivity index (χ3n) is 5.46. The van der Waals surface area contributed by atoms with E-state index in [-0.39, 0.29) is 24.4 Å². The van der Waals surface area contributed by atoms with Crippen LogP contribution < -0.4 is 15.1 Å². The molecule has 166 valence electrons. The van der Waals surface area contributed by atoms with Crippen LogP contribution in [-0.4, -0.2) is 54.1 Å². The Morgan fingerprint density at radius 3 is 2.39 bits per heavy atom. The number of ether oxygens (including phenoxy) is 1. The zero-order valence-electron chi connectivity index (χ0n) is 18.5. The summed E-state index contributed by atoms with van der Waals surface area (Å²) in [6.45, 7) is 8.41. The molecule has 0 unspecified atom stereocenters. The predicted octanol–water partition coefficient (Wildman–Crippen LogP) is 3.11. The van der Waals surface area contributed by atoms with Crippen LogP contribution >= 0.6 is 0 Å². The van der Waals surface area contributed by atoms with Gasteiger partial charge in [-0.3, -0.25) is 9.59 Å². The van der Waals surface area contributed by atoms with Crippen molar-refractivity contribution in [3.05, 3.63) is 42.7 Å². The van der Waals surface area contributed by atoms with Crippen LogP contribution in [0.3, 0.4) is 0 Å². The highest BCUT2D eigenvalue weighted by molar-refractivity contribution is 5.93. The number of nitrogens with one attached hydrogen (secondary N) is 1. The van der Waals surface area contributed by atoms with Gasteiger partial charge in [-0.1, -0.05) is 0 Å². The fourth-order valence-corrected chi connectivity index (χ4v) is 3.80. The molecule has 1 aromatic carbocycles. The number of carbonyl (C=O) groups excluding carboxylic acids is 2. The first-order valence-electron chi connectivity index (χ1n) is 10.8. The Labute approximate surface area is 183 Å². The lowest BCUT2D eigenvalue weighted by Crippen LogP contribution is -2.38. The third-order valence-corrected chi connectivity index (χ3v) is 5.46. The van der Waals surface area contributed by atoms with Gasteiger partial charge in [0.15, 0.2) is 6.61 Å². The molecular weight excluding hydrogens is 394 g/mol. The summed E-state index contributed by atoms with van der Waals surface area (Å²) < 4.78 is 5.26. The van der Waals surface area contributed by atoms with E-state index in [1.807, 2.05) is 24.3 Å². The van der Waals surface area contributed by atoms with Gasteiger partial charge in [-0.05, 0) is 63.9 Å². The van der Waals surface area contributed by atoms with Gasteiger partial charge in [0.05, 0.1) is 5.92 Å². The van der Waals surface area contributed by atoms with E-state index in [0.29, 0.717) is 43.6 Å². The number of nitrogens with zero attached hydrogens (tertiary/aromatic N) is 4. The maximum absolute atomic E-state index is 12.4. The molecule has 2 heterocycles. The van der Waals surface area contributed by atoms with Crippen molar-refractivity contribution in [1.82, 2.24) is 9.97 Å². The van der Waals surface area contributed by atoms with Gasteiger partial charge in [0.2, 0.25) is 5.95 Å². The summed E-state index contributed by atoms with van der Waals surface area (Å²) in [6.07, 6.45) is 4.73. The van der Waals surface area contributed by atoms with Gasteiger partial charge < -0.3 is 19.9 Å². The lowest BCUT2D eigenvalue weighted by molar-refractivity contribution is -0.152. The van der Waals surface area contributed by atoms with Crippen LogP contribution in [0.5, 0.6) is 0 Å². The summed E-state index contributed by atoms with van der Waals surface area (Å²) in [4.78, 5) is 37.4. The van der Waals surface area contributed by atoms with E-state index in [1.165, 1.54) is 0 Å². The Morgan fingerprint density at radius 1 is 1.16 bits per heavy atom. The van der Waals surface area contributed by atoms with Gasteiger partial charge >= 0.3 is 5.97 Å². The van der Waals surface area contributed by atoms with Gasteiger partial charge in [0.25, 0.3) is 5.91 Å². The molecule has 8 nitrogen and oxygen atoms in total. The lowest BCUT2D eigenvalue weighted by atomic mass is 9.97. The van der Waals surface area contributed by atoms with Crippen LogP contribution in [0.4, 0.5) is 17.3 Å². The average molecular weight is 426 g/mol. The highest BCUT2D eigenvalue weighted by atomic mass is 16.5. The number of carbonyl (C=O) groups is 2. The van der Waals surface area contributed by atoms with Crippen molar-refractivity contribution in [2.24, 2.45) is 5.92 Å². The second-order valence-electron chi connectivity index (χ2n) is 7.89. The fraction of sp³-hybridized carbons (Fsp3) is 0.478. The molecule has 1 saturated heterocycles. The fourth-order valence-electron chi connectivity index (χ4n) is 3.80. The summed E-state index contributed by atoms with van der Waals surface area (Å²) >= 11 is 0. The molecule has 0 radical (unpaired) electrons. The molecule has 0 atom stereocenters. The molecule has 0 saturated carbocycles. The van der Waals surface area contributed by atoms with E-state index >= 15 is 0 Å². The molecule has 1 aliphatic rings. The predicted molar refractivity (Wildman–Crippen MR) is 121 cm³/mol. The van der Waals surface area contributed by atoms with E-state index < -0.39 is 0 Å². The van der Waals surface area contributed by atoms with E-state index in [2.05, 4.69) is 45.9 Å². The molecule has 0 spiro atoms. The van der Waals surface area contributed by atoms with E-state index in [1.54, 1.807) is 18.5 Å². The van der Waals surface area contributed by atoms with Crippen molar-refractivity contribution in [1.29, 1.82) is 0 Å². The monoisotopic (exact) mass is 425 g/mol. The summed E-state index contributed by atoms with van der Waals surface area (Å²) in [5.41, 5.74) is 1.79. The van der Waals surface area contributed by atoms with E-state index in [9.17, 15) is 9.59 Å². The van der Waals surface area contributed by atoms with Gasteiger partial charge in [-0.15, -0.1) is 0 Å². The van der Waals surface area contributed by atoms with Gasteiger partial charge in [-0.2, -0.15) is 0 Å². The normalized spacial score (nSPS) is 14.4. The largest absolute Gasteiger partial charge is 0.455 e. The number of piperidine rings is 1. The smallest absolute Gasteiger partial charge is 0.309 e. The molecule has 0 bridgehead atoms. The van der Waals surface area contributed by atoms with Crippen LogP contribution in [0, 0.1) is 5.92 Å². The zero-order chi connectivity index (χ0) is 22.2. The first kappa shape index (κ1) is 22.5. The Hall–Kier alpha value is -3.16. The highest BCUT2D eigenvalue weighted by Gasteiger charge is 2.27. The molecule has 3 rings (SSSR count).